The van der Waals surface area contributed by atoms with Crippen LogP contribution in [0.2, 0.25) is 0 Å². The molecule has 0 spiro atoms. The molecule has 0 heterocycles. The van der Waals surface area contributed by atoms with Crippen LogP contribution in [0.15, 0.2) is 33.5 Å². The van der Waals surface area contributed by atoms with E-state index in [0.29, 0.717) is 15.8 Å². The lowest BCUT2D eigenvalue weighted by molar-refractivity contribution is -0.132. The first-order valence-corrected chi connectivity index (χ1v) is 5.79. The molecular weight excluding hydrogens is 318 g/mol. The zero-order chi connectivity index (χ0) is 14.3. The van der Waals surface area contributed by atoms with E-state index in [1.165, 1.54) is 13.2 Å². The Morgan fingerprint density at radius 1 is 1.63 bits per heavy atom. The molecule has 0 aromatic heterocycles. The molecule has 7 nitrogen and oxygen atoms in total. The SMILES string of the molecule is COCOc1ccc(/C=C(/N=[N+]=[N-])C(=O)O)c(Br)c1. The van der Waals surface area contributed by atoms with Crippen LogP contribution in [0.5, 0.6) is 5.75 Å². The van der Waals surface area contributed by atoms with Crippen molar-refractivity contribution in [2.75, 3.05) is 13.9 Å². The highest BCUT2D eigenvalue weighted by Crippen LogP contribution is 2.25. The van der Waals surface area contributed by atoms with Gasteiger partial charge in [-0.05, 0) is 29.3 Å². The molecule has 0 aliphatic carbocycles. The highest BCUT2D eigenvalue weighted by Gasteiger charge is 2.07. The van der Waals surface area contributed by atoms with Crippen molar-refractivity contribution in [1.82, 2.24) is 0 Å². The Bertz CT molecular complexity index is 549. The number of carbonyl (C=O) groups is 1. The van der Waals surface area contributed by atoms with Crippen molar-refractivity contribution in [3.05, 3.63) is 44.4 Å². The summed E-state index contributed by atoms with van der Waals surface area (Å²) in [6, 6.07) is 4.93. The van der Waals surface area contributed by atoms with Gasteiger partial charge >= 0.3 is 5.97 Å². The predicted molar refractivity (Wildman–Crippen MR) is 71.4 cm³/mol. The number of hydrogen-bond acceptors (Lipinski definition) is 4. The molecule has 1 aromatic rings. The van der Waals surface area contributed by atoms with Crippen molar-refractivity contribution < 1.29 is 19.4 Å². The molecule has 0 saturated heterocycles. The lowest BCUT2D eigenvalue weighted by Gasteiger charge is -2.06. The fourth-order valence-electron chi connectivity index (χ4n) is 1.17. The van der Waals surface area contributed by atoms with E-state index in [1.807, 2.05) is 0 Å². The predicted octanol–water partition coefficient (Wildman–Crippen LogP) is 3.17. The van der Waals surface area contributed by atoms with E-state index < -0.39 is 11.7 Å². The summed E-state index contributed by atoms with van der Waals surface area (Å²) < 4.78 is 10.6. The van der Waals surface area contributed by atoms with Gasteiger partial charge in [0.25, 0.3) is 0 Å². The van der Waals surface area contributed by atoms with Crippen LogP contribution in [0.3, 0.4) is 0 Å². The van der Waals surface area contributed by atoms with Gasteiger partial charge in [0.2, 0.25) is 0 Å². The number of benzene rings is 1. The molecule has 0 unspecified atom stereocenters. The molecular formula is C11H10BrN3O4. The number of carboxylic acids is 1. The lowest BCUT2D eigenvalue weighted by atomic mass is 10.2. The van der Waals surface area contributed by atoms with Gasteiger partial charge < -0.3 is 14.6 Å². The molecule has 0 fully saturated rings. The molecule has 1 N–H and O–H groups in total. The molecule has 19 heavy (non-hydrogen) atoms. The zero-order valence-corrected chi connectivity index (χ0v) is 11.5. The summed E-state index contributed by atoms with van der Waals surface area (Å²) in [5.74, 6) is -0.740. The summed E-state index contributed by atoms with van der Waals surface area (Å²) in [7, 11) is 1.51. The molecule has 0 aliphatic heterocycles. The number of nitrogens with zero attached hydrogens (tertiary/aromatic N) is 3. The lowest BCUT2D eigenvalue weighted by Crippen LogP contribution is -1.99. The molecule has 0 radical (unpaired) electrons. The van der Waals surface area contributed by atoms with Crippen molar-refractivity contribution in [3.63, 3.8) is 0 Å². The average Bonchev–Trinajstić information content (AvgIpc) is 2.38. The van der Waals surface area contributed by atoms with Gasteiger partial charge in [0, 0.05) is 16.5 Å². The maximum absolute atomic E-state index is 10.8. The van der Waals surface area contributed by atoms with Crippen molar-refractivity contribution in [3.8, 4) is 5.75 Å². The first kappa shape index (κ1) is 15.0. The van der Waals surface area contributed by atoms with Crippen molar-refractivity contribution in [1.29, 1.82) is 0 Å². The minimum atomic E-state index is -1.30. The van der Waals surface area contributed by atoms with E-state index in [4.69, 9.17) is 20.1 Å². The van der Waals surface area contributed by atoms with E-state index in [0.717, 1.165) is 0 Å². The topological polar surface area (TPSA) is 105 Å². The van der Waals surface area contributed by atoms with Gasteiger partial charge in [-0.2, -0.15) is 0 Å². The molecule has 0 atom stereocenters. The number of rotatable bonds is 6. The Morgan fingerprint density at radius 2 is 2.37 bits per heavy atom. The van der Waals surface area contributed by atoms with Crippen LogP contribution in [-0.4, -0.2) is 25.0 Å². The van der Waals surface area contributed by atoms with Gasteiger partial charge in [0.15, 0.2) is 6.79 Å². The fourth-order valence-corrected chi connectivity index (χ4v) is 1.64. The van der Waals surface area contributed by atoms with Gasteiger partial charge in [-0.15, -0.1) is 0 Å². The number of methoxy groups -OCH3 is 1. The molecule has 0 bridgehead atoms. The normalized spacial score (nSPS) is 10.7. The van der Waals surface area contributed by atoms with E-state index in [2.05, 4.69) is 26.0 Å². The summed E-state index contributed by atoms with van der Waals surface area (Å²) >= 11 is 3.27. The van der Waals surface area contributed by atoms with Gasteiger partial charge in [-0.25, -0.2) is 4.79 Å². The average molecular weight is 328 g/mol. The van der Waals surface area contributed by atoms with Crippen molar-refractivity contribution in [2.24, 2.45) is 5.11 Å². The molecule has 100 valence electrons. The number of carboxylic acid groups (broad SMARTS) is 1. The molecule has 8 heteroatoms. The summed E-state index contributed by atoms with van der Waals surface area (Å²) in [5.41, 5.74) is 8.44. The Balaban J connectivity index is 3.04. The van der Waals surface area contributed by atoms with Gasteiger partial charge in [-0.3, -0.25) is 0 Å². The second-order valence-corrected chi connectivity index (χ2v) is 4.11. The summed E-state index contributed by atoms with van der Waals surface area (Å²) in [4.78, 5) is 13.3. The van der Waals surface area contributed by atoms with Gasteiger partial charge in [0.1, 0.15) is 11.4 Å². The molecule has 0 aliphatic rings. The van der Waals surface area contributed by atoms with E-state index in [9.17, 15) is 4.79 Å². The Hall–Kier alpha value is -2.02. The number of aliphatic carboxylic acids is 1. The van der Waals surface area contributed by atoms with Crippen LogP contribution in [0, 0.1) is 0 Å². The number of halogens is 1. The Kier molecular flexibility index (Phi) is 5.87. The summed E-state index contributed by atoms with van der Waals surface area (Å²) in [6.45, 7) is 0.112. The van der Waals surface area contributed by atoms with Gasteiger partial charge in [-0.1, -0.05) is 27.1 Å². The van der Waals surface area contributed by atoms with Crippen LogP contribution in [-0.2, 0) is 9.53 Å². The molecule has 0 amide bonds. The number of ether oxygens (including phenoxy) is 2. The minimum Gasteiger partial charge on any atom is -0.478 e. The van der Waals surface area contributed by atoms with Crippen LogP contribution in [0.1, 0.15) is 5.56 Å². The zero-order valence-electron chi connectivity index (χ0n) is 9.91. The van der Waals surface area contributed by atoms with Crippen molar-refractivity contribution >= 4 is 28.0 Å². The van der Waals surface area contributed by atoms with E-state index in [-0.39, 0.29) is 6.79 Å². The molecule has 0 saturated carbocycles. The summed E-state index contributed by atoms with van der Waals surface area (Å²) in [6.07, 6.45) is 1.26. The van der Waals surface area contributed by atoms with Crippen LogP contribution in [0.25, 0.3) is 16.5 Å². The van der Waals surface area contributed by atoms with Crippen LogP contribution >= 0.6 is 15.9 Å². The van der Waals surface area contributed by atoms with E-state index >= 15 is 0 Å². The van der Waals surface area contributed by atoms with Crippen LogP contribution in [0.4, 0.5) is 0 Å². The third-order valence-corrected chi connectivity index (χ3v) is 2.67. The maximum Gasteiger partial charge on any atom is 0.338 e. The van der Waals surface area contributed by atoms with Gasteiger partial charge in [0.05, 0.1) is 0 Å². The third-order valence-electron chi connectivity index (χ3n) is 1.98. The first-order valence-electron chi connectivity index (χ1n) is 5.00. The first-order chi connectivity index (χ1) is 9.08. The molecule has 1 aromatic carbocycles. The summed E-state index contributed by atoms with van der Waals surface area (Å²) in [5, 5.41) is 11.9. The Labute approximate surface area is 117 Å². The second kappa shape index (κ2) is 7.42. The standard InChI is InChI=1S/C11H10BrN3O4/c1-18-6-19-8-3-2-7(9(12)5-8)4-10(11(16)17)14-15-13/h2-5H,6H2,1H3,(H,16,17)/b10-4+. The Morgan fingerprint density at radius 3 is 2.89 bits per heavy atom. The highest BCUT2D eigenvalue weighted by molar-refractivity contribution is 9.10. The quantitative estimate of drug-likeness (QED) is 0.285. The fraction of sp³-hybridized carbons (Fsp3) is 0.182. The minimum absolute atomic E-state index is 0.112. The number of hydrogen-bond donors (Lipinski definition) is 1. The number of azide groups is 1. The third kappa shape index (κ3) is 4.63. The monoisotopic (exact) mass is 327 g/mol. The van der Waals surface area contributed by atoms with Crippen LogP contribution < -0.4 is 4.74 Å². The smallest absolute Gasteiger partial charge is 0.338 e. The maximum atomic E-state index is 10.8. The highest BCUT2D eigenvalue weighted by atomic mass is 79.9. The largest absolute Gasteiger partial charge is 0.478 e. The van der Waals surface area contributed by atoms with Crippen molar-refractivity contribution in [2.45, 2.75) is 0 Å². The second-order valence-electron chi connectivity index (χ2n) is 3.26. The molecule has 1 rings (SSSR count). The van der Waals surface area contributed by atoms with E-state index in [1.54, 1.807) is 18.2 Å².